The van der Waals surface area contributed by atoms with E-state index in [4.69, 9.17) is 0 Å². The number of hydrogen-bond donors (Lipinski definition) is 2. The molecule has 0 aliphatic rings. The third kappa shape index (κ3) is 4.82. The number of amides is 1. The van der Waals surface area contributed by atoms with Crippen molar-refractivity contribution in [1.29, 1.82) is 0 Å². The summed E-state index contributed by atoms with van der Waals surface area (Å²) >= 11 is 0. The van der Waals surface area contributed by atoms with Gasteiger partial charge in [-0.15, -0.1) is 0 Å². The van der Waals surface area contributed by atoms with Crippen LogP contribution in [0.5, 0.6) is 0 Å². The Morgan fingerprint density at radius 3 is 2.39 bits per heavy atom. The lowest BCUT2D eigenvalue weighted by Crippen LogP contribution is -2.25. The molecule has 0 saturated heterocycles. The maximum atomic E-state index is 12.6. The first kappa shape index (κ1) is 17.0. The van der Waals surface area contributed by atoms with E-state index < -0.39 is 11.7 Å². The molecule has 6 heteroatoms. The number of carbonyl (C=O) groups excluding carboxylic acids is 1. The molecule has 0 bridgehead atoms. The van der Waals surface area contributed by atoms with E-state index in [9.17, 15) is 23.1 Å². The molecule has 0 saturated carbocycles. The van der Waals surface area contributed by atoms with Gasteiger partial charge < -0.3 is 10.4 Å². The average molecular weight is 323 g/mol. The Hall–Kier alpha value is -2.34. The topological polar surface area (TPSA) is 49.3 Å². The summed E-state index contributed by atoms with van der Waals surface area (Å²) in [6, 6.07) is 11.8. The smallest absolute Gasteiger partial charge is 0.392 e. The van der Waals surface area contributed by atoms with Crippen molar-refractivity contribution in [3.63, 3.8) is 0 Å². The molecule has 3 nitrogen and oxygen atoms in total. The lowest BCUT2D eigenvalue weighted by molar-refractivity contribution is -0.137. The molecule has 0 aromatic heterocycles. The standard InChI is InChI=1S/C17H16F3NO2/c18-17(19,20)15-7-3-4-12(8-15)9-16(23)21-10-13-5-1-2-6-14(13)11-22/h1-8,22H,9-11H2,(H,21,23). The molecule has 2 N–H and O–H groups in total. The van der Waals surface area contributed by atoms with Gasteiger partial charge in [0.15, 0.2) is 0 Å². The van der Waals surface area contributed by atoms with Gasteiger partial charge in [0.25, 0.3) is 0 Å². The number of aliphatic hydroxyl groups is 1. The van der Waals surface area contributed by atoms with E-state index in [-0.39, 0.29) is 25.5 Å². The first-order chi connectivity index (χ1) is 10.9. The summed E-state index contributed by atoms with van der Waals surface area (Å²) in [5, 5.41) is 11.9. The number of carbonyl (C=O) groups is 1. The molecule has 2 aromatic carbocycles. The van der Waals surface area contributed by atoms with E-state index >= 15 is 0 Å². The second-order valence-electron chi connectivity index (χ2n) is 5.08. The van der Waals surface area contributed by atoms with Gasteiger partial charge in [0.05, 0.1) is 18.6 Å². The molecule has 0 spiro atoms. The average Bonchev–Trinajstić information content (AvgIpc) is 2.52. The van der Waals surface area contributed by atoms with Crippen molar-refractivity contribution in [2.75, 3.05) is 0 Å². The highest BCUT2D eigenvalue weighted by molar-refractivity contribution is 5.78. The predicted octanol–water partition coefficient (Wildman–Crippen LogP) is 3.06. The summed E-state index contributed by atoms with van der Waals surface area (Å²) < 4.78 is 37.9. The molecule has 0 atom stereocenters. The minimum absolute atomic E-state index is 0.134. The van der Waals surface area contributed by atoms with Gasteiger partial charge in [-0.25, -0.2) is 0 Å². The third-order valence-corrected chi connectivity index (χ3v) is 3.38. The van der Waals surface area contributed by atoms with E-state index in [0.717, 1.165) is 17.7 Å². The zero-order chi connectivity index (χ0) is 16.9. The minimum atomic E-state index is -4.42. The summed E-state index contributed by atoms with van der Waals surface area (Å²) in [4.78, 5) is 11.9. The second-order valence-corrected chi connectivity index (χ2v) is 5.08. The Bertz CT molecular complexity index is 684. The Morgan fingerprint density at radius 2 is 1.74 bits per heavy atom. The van der Waals surface area contributed by atoms with Crippen molar-refractivity contribution >= 4 is 5.91 Å². The lowest BCUT2D eigenvalue weighted by atomic mass is 10.1. The van der Waals surface area contributed by atoms with Crippen LogP contribution >= 0.6 is 0 Å². The quantitative estimate of drug-likeness (QED) is 0.888. The molecule has 2 aromatic rings. The van der Waals surface area contributed by atoms with Crippen molar-refractivity contribution in [3.8, 4) is 0 Å². The Morgan fingerprint density at radius 1 is 1.04 bits per heavy atom. The van der Waals surface area contributed by atoms with E-state index in [1.807, 2.05) is 0 Å². The third-order valence-electron chi connectivity index (χ3n) is 3.38. The monoisotopic (exact) mass is 323 g/mol. The van der Waals surface area contributed by atoms with Gasteiger partial charge in [-0.05, 0) is 22.8 Å². The molecule has 0 aliphatic carbocycles. The van der Waals surface area contributed by atoms with Gasteiger partial charge in [0, 0.05) is 6.54 Å². The summed E-state index contributed by atoms with van der Waals surface area (Å²) in [5.74, 6) is -0.378. The number of halogens is 3. The summed E-state index contributed by atoms with van der Waals surface area (Å²) in [6.07, 6.45) is -4.56. The predicted molar refractivity (Wildman–Crippen MR) is 79.4 cm³/mol. The normalized spacial score (nSPS) is 11.3. The fourth-order valence-corrected chi connectivity index (χ4v) is 2.18. The fraction of sp³-hybridized carbons (Fsp3) is 0.235. The number of alkyl halides is 3. The van der Waals surface area contributed by atoms with Crippen molar-refractivity contribution in [2.24, 2.45) is 0 Å². The van der Waals surface area contributed by atoms with Crippen molar-refractivity contribution in [2.45, 2.75) is 25.7 Å². The van der Waals surface area contributed by atoms with Crippen molar-refractivity contribution < 1.29 is 23.1 Å². The van der Waals surface area contributed by atoms with Crippen LogP contribution in [0, 0.1) is 0 Å². The zero-order valence-corrected chi connectivity index (χ0v) is 12.2. The Balaban J connectivity index is 1.98. The van der Waals surface area contributed by atoms with Crippen LogP contribution in [0.2, 0.25) is 0 Å². The fourth-order valence-electron chi connectivity index (χ4n) is 2.18. The first-order valence-corrected chi connectivity index (χ1v) is 7.00. The molecular formula is C17H16F3NO2. The highest BCUT2D eigenvalue weighted by Crippen LogP contribution is 2.29. The minimum Gasteiger partial charge on any atom is -0.392 e. The second kappa shape index (κ2) is 7.28. The maximum absolute atomic E-state index is 12.6. The molecule has 2 rings (SSSR count). The molecule has 122 valence electrons. The number of rotatable bonds is 5. The van der Waals surface area contributed by atoms with Crippen LogP contribution in [0.4, 0.5) is 13.2 Å². The van der Waals surface area contributed by atoms with Crippen LogP contribution in [-0.4, -0.2) is 11.0 Å². The lowest BCUT2D eigenvalue weighted by Gasteiger charge is -2.10. The van der Waals surface area contributed by atoms with Gasteiger partial charge >= 0.3 is 6.18 Å². The van der Waals surface area contributed by atoms with E-state index in [1.54, 1.807) is 24.3 Å². The van der Waals surface area contributed by atoms with E-state index in [0.29, 0.717) is 11.1 Å². The van der Waals surface area contributed by atoms with Gasteiger partial charge in [-0.1, -0.05) is 42.5 Å². The molecular weight excluding hydrogens is 307 g/mol. The molecule has 0 radical (unpaired) electrons. The SMILES string of the molecule is O=C(Cc1cccc(C(F)(F)F)c1)NCc1ccccc1CO. The van der Waals surface area contributed by atoms with Crippen LogP contribution in [0.15, 0.2) is 48.5 Å². The number of nitrogens with one attached hydrogen (secondary N) is 1. The van der Waals surface area contributed by atoms with Gasteiger partial charge in [-0.2, -0.15) is 13.2 Å². The van der Waals surface area contributed by atoms with Crippen LogP contribution < -0.4 is 5.32 Å². The summed E-state index contributed by atoms with van der Waals surface area (Å²) in [5.41, 5.74) is 1.00. The Kier molecular flexibility index (Phi) is 5.39. The van der Waals surface area contributed by atoms with Crippen LogP contribution in [-0.2, 0) is 30.5 Å². The van der Waals surface area contributed by atoms with Crippen LogP contribution in [0.25, 0.3) is 0 Å². The molecule has 0 heterocycles. The molecule has 0 fully saturated rings. The largest absolute Gasteiger partial charge is 0.416 e. The van der Waals surface area contributed by atoms with Gasteiger partial charge in [0.1, 0.15) is 0 Å². The van der Waals surface area contributed by atoms with Crippen molar-refractivity contribution in [1.82, 2.24) is 5.32 Å². The van der Waals surface area contributed by atoms with Crippen LogP contribution in [0.3, 0.4) is 0 Å². The zero-order valence-electron chi connectivity index (χ0n) is 12.2. The highest BCUT2D eigenvalue weighted by Gasteiger charge is 2.30. The first-order valence-electron chi connectivity index (χ1n) is 7.00. The molecule has 1 amide bonds. The Labute approximate surface area is 131 Å². The van der Waals surface area contributed by atoms with E-state index in [2.05, 4.69) is 5.32 Å². The number of aliphatic hydroxyl groups excluding tert-OH is 1. The molecule has 0 unspecified atom stereocenters. The van der Waals surface area contributed by atoms with Gasteiger partial charge in [0.2, 0.25) is 5.91 Å². The van der Waals surface area contributed by atoms with Crippen molar-refractivity contribution in [3.05, 3.63) is 70.8 Å². The van der Waals surface area contributed by atoms with Gasteiger partial charge in [-0.3, -0.25) is 4.79 Å². The molecule has 23 heavy (non-hydrogen) atoms. The molecule has 0 aliphatic heterocycles. The number of benzene rings is 2. The highest BCUT2D eigenvalue weighted by atomic mass is 19.4. The van der Waals surface area contributed by atoms with Crippen LogP contribution in [0.1, 0.15) is 22.3 Å². The maximum Gasteiger partial charge on any atom is 0.416 e. The van der Waals surface area contributed by atoms with E-state index in [1.165, 1.54) is 12.1 Å². The number of hydrogen-bond acceptors (Lipinski definition) is 2. The summed E-state index contributed by atoms with van der Waals surface area (Å²) in [6.45, 7) is 0.0776. The summed E-state index contributed by atoms with van der Waals surface area (Å²) in [7, 11) is 0.